The third kappa shape index (κ3) is 3.01. The number of rotatable bonds is 4. The maximum Gasteiger partial charge on any atom is 0.0611 e. The highest BCUT2D eigenvalue weighted by molar-refractivity contribution is 6.30. The van der Waals surface area contributed by atoms with Gasteiger partial charge in [0, 0.05) is 28.8 Å². The van der Waals surface area contributed by atoms with Gasteiger partial charge < -0.3 is 4.90 Å². The number of hydrogen-bond acceptors (Lipinski definition) is 2. The lowest BCUT2D eigenvalue weighted by molar-refractivity contribution is 0.813. The molecule has 0 N–H and O–H groups in total. The van der Waals surface area contributed by atoms with E-state index in [1.54, 1.807) is 12.3 Å². The molecule has 1 heterocycles. The van der Waals surface area contributed by atoms with Crippen molar-refractivity contribution in [3.05, 3.63) is 71.5 Å². The van der Waals surface area contributed by atoms with Crippen molar-refractivity contribution in [2.45, 2.75) is 13.5 Å². The summed E-state index contributed by atoms with van der Waals surface area (Å²) in [6.45, 7) is 3.83. The molecule has 3 aromatic rings. The molecule has 1 aromatic heterocycles. The van der Waals surface area contributed by atoms with Crippen LogP contribution in [0, 0.1) is 0 Å². The Morgan fingerprint density at radius 2 is 1.86 bits per heavy atom. The van der Waals surface area contributed by atoms with Gasteiger partial charge in [0.2, 0.25) is 0 Å². The molecule has 0 aliphatic carbocycles. The van der Waals surface area contributed by atoms with E-state index in [4.69, 9.17) is 11.6 Å². The van der Waals surface area contributed by atoms with E-state index in [1.807, 2.05) is 6.07 Å². The van der Waals surface area contributed by atoms with Crippen LogP contribution in [0.2, 0.25) is 5.02 Å². The number of anilines is 1. The van der Waals surface area contributed by atoms with Gasteiger partial charge in [0.25, 0.3) is 0 Å². The van der Waals surface area contributed by atoms with E-state index in [2.05, 4.69) is 59.3 Å². The molecule has 0 atom stereocenters. The van der Waals surface area contributed by atoms with Crippen LogP contribution >= 0.6 is 11.6 Å². The summed E-state index contributed by atoms with van der Waals surface area (Å²) in [5.41, 5.74) is 2.22. The zero-order valence-corrected chi connectivity index (χ0v) is 12.7. The zero-order chi connectivity index (χ0) is 14.7. The average molecular weight is 297 g/mol. The van der Waals surface area contributed by atoms with Crippen molar-refractivity contribution in [3.63, 3.8) is 0 Å². The predicted molar refractivity (Wildman–Crippen MR) is 89.9 cm³/mol. The van der Waals surface area contributed by atoms with Gasteiger partial charge in [-0.25, -0.2) is 0 Å². The number of benzene rings is 2. The first-order chi connectivity index (χ1) is 10.3. The van der Waals surface area contributed by atoms with Crippen LogP contribution in [0.4, 0.5) is 5.69 Å². The molecule has 0 bridgehead atoms. The van der Waals surface area contributed by atoms with Gasteiger partial charge in [0.05, 0.1) is 12.2 Å². The Bertz CT molecular complexity index is 750. The summed E-state index contributed by atoms with van der Waals surface area (Å²) >= 11 is 6.05. The lowest BCUT2D eigenvalue weighted by Crippen LogP contribution is -2.22. The largest absolute Gasteiger partial charge is 0.365 e. The highest BCUT2D eigenvalue weighted by atomic mass is 35.5. The second kappa shape index (κ2) is 6.15. The van der Waals surface area contributed by atoms with E-state index in [0.29, 0.717) is 0 Å². The molecule has 3 heteroatoms. The first-order valence-corrected chi connectivity index (χ1v) is 7.49. The minimum atomic E-state index is 0.731. The quantitative estimate of drug-likeness (QED) is 0.679. The van der Waals surface area contributed by atoms with E-state index in [-0.39, 0.29) is 0 Å². The van der Waals surface area contributed by atoms with Gasteiger partial charge in [-0.15, -0.1) is 0 Å². The third-order valence-corrected chi connectivity index (χ3v) is 3.86. The monoisotopic (exact) mass is 296 g/mol. The van der Waals surface area contributed by atoms with Gasteiger partial charge >= 0.3 is 0 Å². The SMILES string of the molecule is CCN(Cc1cc(Cl)ccn1)c1cccc2ccccc12. The van der Waals surface area contributed by atoms with Crippen molar-refractivity contribution >= 4 is 28.1 Å². The van der Waals surface area contributed by atoms with Gasteiger partial charge in [-0.2, -0.15) is 0 Å². The molecule has 0 amide bonds. The summed E-state index contributed by atoms with van der Waals surface area (Å²) in [5, 5.41) is 3.25. The fourth-order valence-corrected chi connectivity index (χ4v) is 2.76. The topological polar surface area (TPSA) is 16.1 Å². The number of halogens is 1. The van der Waals surface area contributed by atoms with E-state index in [1.165, 1.54) is 16.5 Å². The van der Waals surface area contributed by atoms with Crippen molar-refractivity contribution in [1.82, 2.24) is 4.98 Å². The normalized spacial score (nSPS) is 10.8. The number of aromatic nitrogens is 1. The molecular formula is C18H17ClN2. The maximum atomic E-state index is 6.05. The molecule has 106 valence electrons. The lowest BCUT2D eigenvalue weighted by Gasteiger charge is -2.24. The van der Waals surface area contributed by atoms with Crippen molar-refractivity contribution in [3.8, 4) is 0 Å². The molecule has 0 aliphatic heterocycles. The van der Waals surface area contributed by atoms with E-state index in [0.717, 1.165) is 23.8 Å². The van der Waals surface area contributed by atoms with Crippen LogP contribution in [0.15, 0.2) is 60.8 Å². The predicted octanol–water partition coefficient (Wildman–Crippen LogP) is 4.91. The van der Waals surface area contributed by atoms with E-state index >= 15 is 0 Å². The Labute approximate surface area is 130 Å². The van der Waals surface area contributed by atoms with E-state index in [9.17, 15) is 0 Å². The summed E-state index contributed by atoms with van der Waals surface area (Å²) in [5.74, 6) is 0. The molecule has 0 spiro atoms. The van der Waals surface area contributed by atoms with Gasteiger partial charge in [0.1, 0.15) is 0 Å². The summed E-state index contributed by atoms with van der Waals surface area (Å²) in [4.78, 5) is 6.73. The van der Waals surface area contributed by atoms with Crippen molar-refractivity contribution in [2.75, 3.05) is 11.4 Å². The Kier molecular flexibility index (Phi) is 4.07. The van der Waals surface area contributed by atoms with Crippen molar-refractivity contribution in [1.29, 1.82) is 0 Å². The number of pyridine rings is 1. The minimum Gasteiger partial charge on any atom is -0.365 e. The highest BCUT2D eigenvalue weighted by Gasteiger charge is 2.09. The Hall–Kier alpha value is -2.06. The first-order valence-electron chi connectivity index (χ1n) is 7.11. The molecule has 3 rings (SSSR count). The fourth-order valence-electron chi connectivity index (χ4n) is 2.58. The second-order valence-electron chi connectivity index (χ2n) is 4.98. The van der Waals surface area contributed by atoms with Crippen LogP contribution in [0.5, 0.6) is 0 Å². The molecule has 0 unspecified atom stereocenters. The molecule has 0 radical (unpaired) electrons. The average Bonchev–Trinajstić information content (AvgIpc) is 2.52. The fraction of sp³-hybridized carbons (Fsp3) is 0.167. The van der Waals surface area contributed by atoms with Crippen LogP contribution < -0.4 is 4.90 Å². The summed E-state index contributed by atoms with van der Waals surface area (Å²) in [6.07, 6.45) is 1.76. The summed E-state index contributed by atoms with van der Waals surface area (Å²) in [7, 11) is 0. The highest BCUT2D eigenvalue weighted by Crippen LogP contribution is 2.27. The van der Waals surface area contributed by atoms with Crippen LogP contribution in [-0.2, 0) is 6.54 Å². The summed E-state index contributed by atoms with van der Waals surface area (Å²) in [6, 6.07) is 18.6. The first kappa shape index (κ1) is 13.9. The Morgan fingerprint density at radius 1 is 1.05 bits per heavy atom. The number of fused-ring (bicyclic) bond motifs is 1. The second-order valence-corrected chi connectivity index (χ2v) is 5.41. The zero-order valence-electron chi connectivity index (χ0n) is 12.0. The minimum absolute atomic E-state index is 0.731. The van der Waals surface area contributed by atoms with Crippen LogP contribution in [-0.4, -0.2) is 11.5 Å². The molecule has 0 saturated heterocycles. The van der Waals surface area contributed by atoms with Crippen LogP contribution in [0.3, 0.4) is 0 Å². The van der Waals surface area contributed by atoms with Gasteiger partial charge in [-0.1, -0.05) is 48.0 Å². The van der Waals surface area contributed by atoms with Crippen LogP contribution in [0.1, 0.15) is 12.6 Å². The van der Waals surface area contributed by atoms with Crippen molar-refractivity contribution < 1.29 is 0 Å². The van der Waals surface area contributed by atoms with E-state index < -0.39 is 0 Å². The Morgan fingerprint density at radius 3 is 2.67 bits per heavy atom. The molecule has 2 nitrogen and oxygen atoms in total. The van der Waals surface area contributed by atoms with Gasteiger partial charge in [0.15, 0.2) is 0 Å². The van der Waals surface area contributed by atoms with Gasteiger partial charge in [-0.05, 0) is 30.5 Å². The number of hydrogen-bond donors (Lipinski definition) is 0. The van der Waals surface area contributed by atoms with Crippen LogP contribution in [0.25, 0.3) is 10.8 Å². The smallest absolute Gasteiger partial charge is 0.0611 e. The standard InChI is InChI=1S/C18H17ClN2/c1-2-21(13-16-12-15(19)10-11-20-16)18-9-5-7-14-6-3-4-8-17(14)18/h3-12H,2,13H2,1H3. The third-order valence-electron chi connectivity index (χ3n) is 3.62. The molecule has 2 aromatic carbocycles. The molecule has 0 saturated carbocycles. The number of nitrogens with zero attached hydrogens (tertiary/aromatic N) is 2. The Balaban J connectivity index is 1.98. The summed E-state index contributed by atoms with van der Waals surface area (Å²) < 4.78 is 0. The molecular weight excluding hydrogens is 280 g/mol. The molecule has 21 heavy (non-hydrogen) atoms. The van der Waals surface area contributed by atoms with Gasteiger partial charge in [-0.3, -0.25) is 4.98 Å². The molecule has 0 fully saturated rings. The molecule has 0 aliphatic rings. The lowest BCUT2D eigenvalue weighted by atomic mass is 10.1. The van der Waals surface area contributed by atoms with Crippen molar-refractivity contribution in [2.24, 2.45) is 0 Å². The maximum absolute atomic E-state index is 6.05.